The quantitative estimate of drug-likeness (QED) is 0.566. The third-order valence-electron chi connectivity index (χ3n) is 3.66. The van der Waals surface area contributed by atoms with Gasteiger partial charge in [-0.25, -0.2) is 0 Å². The highest BCUT2D eigenvalue weighted by atomic mass is 16.6. The van der Waals surface area contributed by atoms with Crippen LogP contribution in [0.5, 0.6) is 0 Å². The molecular formula is C15H22N2O4. The van der Waals surface area contributed by atoms with E-state index in [2.05, 4.69) is 5.32 Å². The minimum Gasteiger partial charge on any atom is -0.389 e. The number of nitro groups is 1. The second-order valence-corrected chi connectivity index (χ2v) is 5.45. The molecule has 21 heavy (non-hydrogen) atoms. The second-order valence-electron chi connectivity index (χ2n) is 5.45. The molecule has 2 N–H and O–H groups in total. The first-order valence-electron chi connectivity index (χ1n) is 7.39. The SMILES string of the molecule is O=[N+]([O-])c1cccc(CNCC(O)COC2CCCC2)c1. The van der Waals surface area contributed by atoms with E-state index in [1.54, 1.807) is 6.07 Å². The number of non-ortho nitro benzene ring substituents is 1. The molecule has 0 aliphatic heterocycles. The molecule has 1 aromatic carbocycles. The van der Waals surface area contributed by atoms with E-state index in [1.807, 2.05) is 6.07 Å². The Morgan fingerprint density at radius 1 is 1.43 bits per heavy atom. The third-order valence-corrected chi connectivity index (χ3v) is 3.66. The van der Waals surface area contributed by atoms with Gasteiger partial charge in [-0.1, -0.05) is 25.0 Å². The first-order chi connectivity index (χ1) is 10.1. The molecule has 1 aliphatic rings. The highest BCUT2D eigenvalue weighted by Crippen LogP contribution is 2.20. The lowest BCUT2D eigenvalue weighted by Crippen LogP contribution is -2.31. The number of aliphatic hydroxyl groups excluding tert-OH is 1. The van der Waals surface area contributed by atoms with Gasteiger partial charge in [-0.2, -0.15) is 0 Å². The van der Waals surface area contributed by atoms with Crippen molar-refractivity contribution in [2.45, 2.75) is 44.4 Å². The average molecular weight is 294 g/mol. The van der Waals surface area contributed by atoms with Gasteiger partial charge in [-0.15, -0.1) is 0 Å². The molecule has 1 aliphatic carbocycles. The summed E-state index contributed by atoms with van der Waals surface area (Å²) in [6.07, 6.45) is 4.36. The zero-order valence-electron chi connectivity index (χ0n) is 12.0. The highest BCUT2D eigenvalue weighted by Gasteiger charge is 2.16. The van der Waals surface area contributed by atoms with Gasteiger partial charge < -0.3 is 15.2 Å². The van der Waals surface area contributed by atoms with E-state index in [0.717, 1.165) is 18.4 Å². The van der Waals surface area contributed by atoms with E-state index in [0.29, 0.717) is 25.8 Å². The van der Waals surface area contributed by atoms with Crippen LogP contribution in [-0.2, 0) is 11.3 Å². The number of nitro benzene ring substituents is 1. The summed E-state index contributed by atoms with van der Waals surface area (Å²) in [6, 6.07) is 6.48. The largest absolute Gasteiger partial charge is 0.389 e. The van der Waals surface area contributed by atoms with Crippen LogP contribution in [0.3, 0.4) is 0 Å². The number of nitrogens with zero attached hydrogens (tertiary/aromatic N) is 1. The fraction of sp³-hybridized carbons (Fsp3) is 0.600. The van der Waals surface area contributed by atoms with Gasteiger partial charge in [0.1, 0.15) is 0 Å². The van der Waals surface area contributed by atoms with Crippen molar-refractivity contribution < 1.29 is 14.8 Å². The lowest BCUT2D eigenvalue weighted by atomic mass is 10.2. The monoisotopic (exact) mass is 294 g/mol. The molecule has 0 radical (unpaired) electrons. The van der Waals surface area contributed by atoms with Gasteiger partial charge in [0, 0.05) is 25.2 Å². The first-order valence-corrected chi connectivity index (χ1v) is 7.39. The molecule has 116 valence electrons. The summed E-state index contributed by atoms with van der Waals surface area (Å²) in [5.74, 6) is 0. The topological polar surface area (TPSA) is 84.6 Å². The molecule has 6 heteroatoms. The van der Waals surface area contributed by atoms with Crippen molar-refractivity contribution in [2.75, 3.05) is 13.2 Å². The van der Waals surface area contributed by atoms with Crippen LogP contribution in [0.25, 0.3) is 0 Å². The summed E-state index contributed by atoms with van der Waals surface area (Å²) in [6.45, 7) is 1.24. The fourth-order valence-corrected chi connectivity index (χ4v) is 2.52. The van der Waals surface area contributed by atoms with Crippen LogP contribution in [0.4, 0.5) is 5.69 Å². The first kappa shape index (κ1) is 15.9. The zero-order valence-corrected chi connectivity index (χ0v) is 12.0. The number of ether oxygens (including phenoxy) is 1. The van der Waals surface area contributed by atoms with Gasteiger partial charge in [-0.3, -0.25) is 10.1 Å². The highest BCUT2D eigenvalue weighted by molar-refractivity contribution is 5.34. The molecule has 0 bridgehead atoms. The van der Waals surface area contributed by atoms with Crippen molar-refractivity contribution in [1.82, 2.24) is 5.32 Å². The second kappa shape index (κ2) is 8.07. The van der Waals surface area contributed by atoms with Crippen molar-refractivity contribution >= 4 is 5.69 Å². The van der Waals surface area contributed by atoms with Gasteiger partial charge in [0.2, 0.25) is 0 Å². The van der Waals surface area contributed by atoms with Crippen molar-refractivity contribution in [1.29, 1.82) is 0 Å². The Kier molecular flexibility index (Phi) is 6.10. The Labute approximate surface area is 124 Å². The maximum Gasteiger partial charge on any atom is 0.269 e. The number of hydrogen-bond acceptors (Lipinski definition) is 5. The van der Waals surface area contributed by atoms with Gasteiger partial charge in [0.15, 0.2) is 0 Å². The van der Waals surface area contributed by atoms with Gasteiger partial charge >= 0.3 is 0 Å². The third kappa shape index (κ3) is 5.41. The van der Waals surface area contributed by atoms with Crippen LogP contribution in [0.1, 0.15) is 31.2 Å². The van der Waals surface area contributed by atoms with E-state index < -0.39 is 11.0 Å². The molecule has 2 rings (SSSR count). The van der Waals surface area contributed by atoms with Gasteiger partial charge in [-0.05, 0) is 18.4 Å². The van der Waals surface area contributed by atoms with E-state index in [9.17, 15) is 15.2 Å². The maximum atomic E-state index is 10.7. The Hall–Kier alpha value is -1.50. The molecule has 1 fully saturated rings. The normalized spacial score (nSPS) is 17.0. The lowest BCUT2D eigenvalue weighted by molar-refractivity contribution is -0.384. The summed E-state index contributed by atoms with van der Waals surface area (Å²) in [7, 11) is 0. The number of rotatable bonds is 8. The standard InChI is InChI=1S/C15H22N2O4/c18-14(11-21-15-6-1-2-7-15)10-16-9-12-4-3-5-13(8-12)17(19)20/h3-5,8,14-16,18H,1-2,6-7,9-11H2. The van der Waals surface area contributed by atoms with Crippen LogP contribution in [0.2, 0.25) is 0 Å². The Morgan fingerprint density at radius 3 is 2.90 bits per heavy atom. The number of nitrogens with one attached hydrogen (secondary N) is 1. The summed E-state index contributed by atoms with van der Waals surface area (Å²) in [5.41, 5.74) is 0.910. The van der Waals surface area contributed by atoms with Crippen LogP contribution < -0.4 is 5.32 Å². The maximum absolute atomic E-state index is 10.7. The molecule has 0 aromatic heterocycles. The van der Waals surface area contributed by atoms with Gasteiger partial charge in [0.25, 0.3) is 5.69 Å². The number of benzene rings is 1. The Balaban J connectivity index is 1.66. The van der Waals surface area contributed by atoms with Gasteiger partial charge in [0.05, 0.1) is 23.7 Å². The predicted molar refractivity (Wildman–Crippen MR) is 79.0 cm³/mol. The van der Waals surface area contributed by atoms with E-state index in [4.69, 9.17) is 4.74 Å². The molecule has 1 atom stereocenters. The zero-order chi connectivity index (χ0) is 15.1. The van der Waals surface area contributed by atoms with Crippen molar-refractivity contribution in [3.8, 4) is 0 Å². The van der Waals surface area contributed by atoms with E-state index in [1.165, 1.54) is 25.0 Å². The molecular weight excluding hydrogens is 272 g/mol. The lowest BCUT2D eigenvalue weighted by Gasteiger charge is -2.16. The molecule has 1 aromatic rings. The molecule has 0 spiro atoms. The van der Waals surface area contributed by atoms with Crippen LogP contribution in [-0.4, -0.2) is 35.4 Å². The molecule has 1 unspecified atom stereocenters. The summed E-state index contributed by atoms with van der Waals surface area (Å²) >= 11 is 0. The van der Waals surface area contributed by atoms with Crippen molar-refractivity contribution in [2.24, 2.45) is 0 Å². The van der Waals surface area contributed by atoms with Crippen molar-refractivity contribution in [3.05, 3.63) is 39.9 Å². The minimum absolute atomic E-state index is 0.0828. The van der Waals surface area contributed by atoms with Crippen LogP contribution in [0.15, 0.2) is 24.3 Å². The molecule has 0 saturated heterocycles. The summed E-state index contributed by atoms with van der Waals surface area (Å²) in [5, 5.41) is 23.6. The fourth-order valence-electron chi connectivity index (χ4n) is 2.52. The number of hydrogen-bond donors (Lipinski definition) is 2. The van der Waals surface area contributed by atoms with Crippen molar-refractivity contribution in [3.63, 3.8) is 0 Å². The Morgan fingerprint density at radius 2 is 2.19 bits per heavy atom. The van der Waals surface area contributed by atoms with E-state index >= 15 is 0 Å². The number of aliphatic hydroxyl groups is 1. The predicted octanol–water partition coefficient (Wildman–Crippen LogP) is 2.00. The average Bonchev–Trinajstić information content (AvgIpc) is 2.99. The molecule has 0 amide bonds. The van der Waals surface area contributed by atoms with E-state index in [-0.39, 0.29) is 5.69 Å². The smallest absolute Gasteiger partial charge is 0.269 e. The minimum atomic E-state index is -0.552. The summed E-state index contributed by atoms with van der Waals surface area (Å²) < 4.78 is 5.64. The van der Waals surface area contributed by atoms with Crippen LogP contribution in [0, 0.1) is 10.1 Å². The molecule has 1 saturated carbocycles. The van der Waals surface area contributed by atoms with Crippen LogP contribution >= 0.6 is 0 Å². The Bertz CT molecular complexity index is 461. The molecule has 0 heterocycles. The summed E-state index contributed by atoms with van der Waals surface area (Å²) in [4.78, 5) is 10.3. The molecule has 6 nitrogen and oxygen atoms in total.